The lowest BCUT2D eigenvalue weighted by molar-refractivity contribution is 0.0270. The average molecular weight is 221 g/mol. The lowest BCUT2D eigenvalue weighted by atomic mass is 10.1. The molecule has 0 unspecified atom stereocenters. The summed E-state index contributed by atoms with van der Waals surface area (Å²) in [4.78, 5) is 0. The van der Waals surface area contributed by atoms with E-state index in [2.05, 4.69) is 32.3 Å². The van der Waals surface area contributed by atoms with Crippen molar-refractivity contribution >= 4 is 8.97 Å². The first-order chi connectivity index (χ1) is 6.37. The third kappa shape index (κ3) is 2.77. The summed E-state index contributed by atoms with van der Waals surface area (Å²) in [5.41, 5.74) is -0.0248. The van der Waals surface area contributed by atoms with Gasteiger partial charge in [0.05, 0.1) is 0 Å². The summed E-state index contributed by atoms with van der Waals surface area (Å²) < 4.78 is 18.4. The molecule has 0 aromatic rings. The van der Waals surface area contributed by atoms with Gasteiger partial charge in [-0.2, -0.15) is 0 Å². The third-order valence-electron chi connectivity index (χ3n) is 2.23. The molecule has 86 valence electrons. The Hall–Kier alpha value is 0.0569. The Morgan fingerprint density at radius 2 is 1.36 bits per heavy atom. The second-order valence-electron chi connectivity index (χ2n) is 4.05. The highest BCUT2D eigenvalue weighted by Gasteiger charge is 2.50. The zero-order valence-corrected chi connectivity index (χ0v) is 11.4. The van der Waals surface area contributed by atoms with Crippen LogP contribution in [-0.2, 0) is 13.3 Å². The van der Waals surface area contributed by atoms with Crippen molar-refractivity contribution in [2.75, 3.05) is 27.9 Å². The average Bonchev–Trinajstić information content (AvgIpc) is 2.12. The Labute approximate surface area is 88.6 Å². The van der Waals surface area contributed by atoms with Crippen molar-refractivity contribution in [1.29, 1.82) is 0 Å². The Balaban J connectivity index is 4.94. The molecule has 0 saturated heterocycles. The van der Waals surface area contributed by atoms with Gasteiger partial charge in [0.25, 0.3) is 0 Å². The number of rotatable bonds is 5. The molecule has 0 saturated carbocycles. The van der Waals surface area contributed by atoms with Gasteiger partial charge in [-0.25, -0.2) is 0 Å². The molecule has 0 aromatic carbocycles. The molecule has 0 N–H and O–H groups in total. The van der Waals surface area contributed by atoms with Crippen LogP contribution in [0.2, 0.25) is 0 Å². The van der Waals surface area contributed by atoms with Crippen molar-refractivity contribution in [2.24, 2.45) is 0 Å². The maximum absolute atomic E-state index is 5.44. The predicted molar refractivity (Wildman–Crippen MR) is 58.9 cm³/mol. The molecule has 0 amide bonds. The molecule has 0 spiro atoms. The highest BCUT2D eigenvalue weighted by atomic mass is 28.4. The van der Waals surface area contributed by atoms with Crippen LogP contribution < -0.4 is 0 Å². The highest BCUT2D eigenvalue weighted by Crippen LogP contribution is 2.23. The Morgan fingerprint density at radius 3 is 1.43 bits per heavy atom. The Kier molecular flexibility index (Phi) is 5.25. The summed E-state index contributed by atoms with van der Waals surface area (Å²) in [6.07, 6.45) is 0. The van der Waals surface area contributed by atoms with Crippen molar-refractivity contribution in [3.8, 4) is 0 Å². The zero-order valence-electron chi connectivity index (χ0n) is 10.4. The number of hydrogen-bond donors (Lipinski definition) is 0. The van der Waals surface area contributed by atoms with E-state index in [1.807, 2.05) is 0 Å². The van der Waals surface area contributed by atoms with Crippen molar-refractivity contribution in [2.45, 2.75) is 33.2 Å². The minimum absolute atomic E-state index is 0.0248. The van der Waals surface area contributed by atoms with Gasteiger partial charge in [0.15, 0.2) is 0 Å². The van der Waals surface area contributed by atoms with E-state index >= 15 is 0 Å². The minimum Gasteiger partial charge on any atom is -0.364 e. The summed E-state index contributed by atoms with van der Waals surface area (Å²) in [7, 11) is 2.25. The van der Waals surface area contributed by atoms with Gasteiger partial charge < -0.3 is 13.3 Å². The van der Waals surface area contributed by atoms with Crippen molar-refractivity contribution < 1.29 is 13.3 Å². The molecule has 0 fully saturated rings. The van der Waals surface area contributed by atoms with Crippen LogP contribution in [0.25, 0.3) is 0 Å². The molecule has 14 heavy (non-hydrogen) atoms. The molecule has 0 heterocycles. The van der Waals surface area contributed by atoms with Crippen molar-refractivity contribution in [3.05, 3.63) is 0 Å². The van der Waals surface area contributed by atoms with Crippen LogP contribution in [0, 0.1) is 0 Å². The van der Waals surface area contributed by atoms with E-state index in [4.69, 9.17) is 13.3 Å². The summed E-state index contributed by atoms with van der Waals surface area (Å²) >= 11 is 0. The van der Waals surface area contributed by atoms with E-state index in [0.29, 0.717) is 0 Å². The fraction of sp³-hybridized carbons (Fsp3) is 1.00. The van der Waals surface area contributed by atoms with Crippen LogP contribution in [0.3, 0.4) is 0 Å². The van der Waals surface area contributed by atoms with Gasteiger partial charge >= 0.3 is 8.97 Å². The van der Waals surface area contributed by atoms with Crippen LogP contribution in [0.1, 0.15) is 27.7 Å². The first-order valence-electron chi connectivity index (χ1n) is 4.81. The van der Waals surface area contributed by atoms with E-state index in [0.717, 1.165) is 6.54 Å². The molecule has 0 atom stereocenters. The lowest BCUT2D eigenvalue weighted by Crippen LogP contribution is -2.65. The number of hydrogen-bond acceptors (Lipinski definition) is 4. The second-order valence-corrected chi connectivity index (χ2v) is 6.86. The summed E-state index contributed by atoms with van der Waals surface area (Å²) in [5, 5.41) is 0. The first kappa shape index (κ1) is 14.1. The zero-order chi connectivity index (χ0) is 11.4. The lowest BCUT2D eigenvalue weighted by Gasteiger charge is -2.42. The molecule has 0 aromatic heterocycles. The molecule has 0 bridgehead atoms. The van der Waals surface area contributed by atoms with Gasteiger partial charge in [0.2, 0.25) is 0 Å². The van der Waals surface area contributed by atoms with Gasteiger partial charge in [-0.05, 0) is 27.3 Å². The molecular weight excluding hydrogens is 198 g/mol. The standard InChI is InChI=1S/C9H23NO3Si/c1-8-10(9(2,3)4)14(11-5,12-6)13-7/h8H2,1-7H3. The first-order valence-corrected chi connectivity index (χ1v) is 6.48. The van der Waals surface area contributed by atoms with Gasteiger partial charge in [0.1, 0.15) is 0 Å². The molecule has 0 aliphatic heterocycles. The topological polar surface area (TPSA) is 30.9 Å². The molecule has 0 aliphatic carbocycles. The van der Waals surface area contributed by atoms with Crippen LogP contribution in [-0.4, -0.2) is 46.9 Å². The fourth-order valence-electron chi connectivity index (χ4n) is 1.66. The third-order valence-corrected chi connectivity index (χ3v) is 5.43. The SMILES string of the molecule is CCN(C(C)(C)C)[Si](OC)(OC)OC. The van der Waals surface area contributed by atoms with Crippen molar-refractivity contribution in [3.63, 3.8) is 0 Å². The molecule has 0 rings (SSSR count). The van der Waals surface area contributed by atoms with E-state index in [1.165, 1.54) is 0 Å². The second kappa shape index (κ2) is 5.23. The van der Waals surface area contributed by atoms with Gasteiger partial charge in [-0.1, -0.05) is 6.92 Å². The molecule has 5 heteroatoms. The van der Waals surface area contributed by atoms with Crippen LogP contribution in [0.15, 0.2) is 0 Å². The van der Waals surface area contributed by atoms with Crippen LogP contribution >= 0.6 is 0 Å². The summed E-state index contributed by atoms with van der Waals surface area (Å²) in [5.74, 6) is 0. The summed E-state index contributed by atoms with van der Waals surface area (Å²) in [6.45, 7) is 9.27. The van der Waals surface area contributed by atoms with Crippen molar-refractivity contribution in [1.82, 2.24) is 4.57 Å². The Bertz CT molecular complexity index is 158. The molecule has 0 radical (unpaired) electrons. The van der Waals surface area contributed by atoms with Gasteiger partial charge in [-0.15, -0.1) is 0 Å². The van der Waals surface area contributed by atoms with Gasteiger partial charge in [0, 0.05) is 26.9 Å². The predicted octanol–water partition coefficient (Wildman–Crippen LogP) is 1.48. The largest absolute Gasteiger partial charge is 0.599 e. The smallest absolute Gasteiger partial charge is 0.364 e. The normalized spacial score (nSPS) is 13.7. The van der Waals surface area contributed by atoms with Gasteiger partial charge in [-0.3, -0.25) is 4.57 Å². The molecule has 4 nitrogen and oxygen atoms in total. The highest BCUT2D eigenvalue weighted by molar-refractivity contribution is 6.57. The van der Waals surface area contributed by atoms with Crippen LogP contribution in [0.5, 0.6) is 0 Å². The fourth-order valence-corrected chi connectivity index (χ4v) is 4.03. The monoisotopic (exact) mass is 221 g/mol. The van der Waals surface area contributed by atoms with E-state index in [1.54, 1.807) is 21.3 Å². The molecular formula is C9H23NO3Si. The number of nitrogens with zero attached hydrogens (tertiary/aromatic N) is 1. The van der Waals surface area contributed by atoms with Crippen LogP contribution in [0.4, 0.5) is 0 Å². The maximum Gasteiger partial charge on any atom is 0.599 e. The molecule has 0 aliphatic rings. The van der Waals surface area contributed by atoms with E-state index < -0.39 is 8.97 Å². The van der Waals surface area contributed by atoms with E-state index in [-0.39, 0.29) is 5.54 Å². The van der Waals surface area contributed by atoms with E-state index in [9.17, 15) is 0 Å². The minimum atomic E-state index is -2.65. The summed E-state index contributed by atoms with van der Waals surface area (Å²) in [6, 6.07) is 0. The Morgan fingerprint density at radius 1 is 1.00 bits per heavy atom. The quantitative estimate of drug-likeness (QED) is 0.658. The maximum atomic E-state index is 5.44.